The van der Waals surface area contributed by atoms with E-state index in [4.69, 9.17) is 4.74 Å². The molecule has 1 heterocycles. The first-order valence-corrected chi connectivity index (χ1v) is 9.79. The van der Waals surface area contributed by atoms with Gasteiger partial charge in [-0.15, -0.1) is 0 Å². The molecule has 0 radical (unpaired) electrons. The fourth-order valence-electron chi connectivity index (χ4n) is 2.99. The predicted octanol–water partition coefficient (Wildman–Crippen LogP) is 3.64. The fourth-order valence-corrected chi connectivity index (χ4v) is 2.99. The van der Waals surface area contributed by atoms with Gasteiger partial charge in [0, 0.05) is 23.7 Å². The summed E-state index contributed by atoms with van der Waals surface area (Å²) < 4.78 is 6.18. The Bertz CT molecular complexity index is 1150. The van der Waals surface area contributed by atoms with Crippen LogP contribution in [0.4, 0.5) is 5.69 Å². The van der Waals surface area contributed by atoms with Gasteiger partial charge in [-0.2, -0.15) is 5.10 Å². The van der Waals surface area contributed by atoms with E-state index in [1.54, 1.807) is 61.5 Å². The maximum atomic E-state index is 12.9. The minimum atomic E-state index is -0.407. The summed E-state index contributed by atoms with van der Waals surface area (Å²) >= 11 is 0. The summed E-state index contributed by atoms with van der Waals surface area (Å²) in [6.45, 7) is 4.45. The molecule has 0 atom stereocenters. The van der Waals surface area contributed by atoms with Crippen molar-refractivity contribution in [2.24, 2.45) is 0 Å². The largest absolute Gasteiger partial charge is 0.463 e. The second-order valence-electron chi connectivity index (χ2n) is 6.58. The molecule has 0 fully saturated rings. The second kappa shape index (κ2) is 9.65. The van der Waals surface area contributed by atoms with Crippen LogP contribution in [-0.2, 0) is 16.1 Å². The normalized spacial score (nSPS) is 11.0. The zero-order valence-electron chi connectivity index (χ0n) is 16.9. The molecular weight excluding hydrogens is 382 g/mol. The van der Waals surface area contributed by atoms with E-state index < -0.39 is 11.9 Å². The summed E-state index contributed by atoms with van der Waals surface area (Å²) in [5, 5.41) is 8.10. The van der Waals surface area contributed by atoms with Crippen LogP contribution < -0.4 is 10.9 Å². The molecule has 1 amide bonds. The Morgan fingerprint density at radius 1 is 1.07 bits per heavy atom. The van der Waals surface area contributed by atoms with Crippen molar-refractivity contribution in [3.05, 3.63) is 76.2 Å². The van der Waals surface area contributed by atoms with Crippen molar-refractivity contribution in [2.75, 3.05) is 11.9 Å². The molecule has 3 rings (SSSR count). The molecule has 0 aliphatic carbocycles. The monoisotopic (exact) mass is 405 g/mol. The molecule has 7 heteroatoms. The third-order valence-electron chi connectivity index (χ3n) is 4.39. The van der Waals surface area contributed by atoms with E-state index in [2.05, 4.69) is 10.4 Å². The number of carbonyl (C=O) groups is 2. The van der Waals surface area contributed by atoms with Crippen molar-refractivity contribution in [1.29, 1.82) is 0 Å². The average Bonchev–Trinajstić information content (AvgIpc) is 2.75. The Hall–Kier alpha value is -3.74. The van der Waals surface area contributed by atoms with Crippen molar-refractivity contribution in [2.45, 2.75) is 26.8 Å². The van der Waals surface area contributed by atoms with Crippen molar-refractivity contribution in [3.63, 3.8) is 0 Å². The lowest BCUT2D eigenvalue weighted by atomic mass is 10.1. The molecular formula is C23H23N3O4. The molecule has 0 aliphatic rings. The third-order valence-corrected chi connectivity index (χ3v) is 4.39. The van der Waals surface area contributed by atoms with Crippen LogP contribution in [0.1, 0.15) is 36.3 Å². The highest BCUT2D eigenvalue weighted by atomic mass is 16.5. The Labute approximate surface area is 174 Å². The SMILES string of the molecule is CCCn1nc(C(=O)Nc2ccc(/C=C/C(=O)OCC)cc2)c2ccccc2c1=O. The molecule has 2 aromatic carbocycles. The Morgan fingerprint density at radius 2 is 1.77 bits per heavy atom. The average molecular weight is 405 g/mol. The first-order chi connectivity index (χ1) is 14.5. The van der Waals surface area contributed by atoms with Crippen LogP contribution in [0.5, 0.6) is 0 Å². The zero-order valence-corrected chi connectivity index (χ0v) is 16.9. The third kappa shape index (κ3) is 4.81. The molecule has 7 nitrogen and oxygen atoms in total. The van der Waals surface area contributed by atoms with Gasteiger partial charge < -0.3 is 10.1 Å². The number of hydrogen-bond donors (Lipinski definition) is 1. The summed E-state index contributed by atoms with van der Waals surface area (Å²) in [5.41, 5.74) is 1.36. The lowest BCUT2D eigenvalue weighted by Crippen LogP contribution is -2.27. The molecule has 1 N–H and O–H groups in total. The number of nitrogens with one attached hydrogen (secondary N) is 1. The molecule has 0 unspecified atom stereocenters. The smallest absolute Gasteiger partial charge is 0.330 e. The van der Waals surface area contributed by atoms with Crippen molar-refractivity contribution in [3.8, 4) is 0 Å². The molecule has 0 bridgehead atoms. The predicted molar refractivity (Wildman–Crippen MR) is 116 cm³/mol. The second-order valence-corrected chi connectivity index (χ2v) is 6.58. The lowest BCUT2D eigenvalue weighted by Gasteiger charge is -2.11. The number of ether oxygens (including phenoxy) is 1. The number of aromatic nitrogens is 2. The van der Waals surface area contributed by atoms with Gasteiger partial charge in [0.15, 0.2) is 5.69 Å². The van der Waals surface area contributed by atoms with Gasteiger partial charge in [-0.25, -0.2) is 9.48 Å². The summed E-state index contributed by atoms with van der Waals surface area (Å²) in [5.74, 6) is -0.805. The highest BCUT2D eigenvalue weighted by Crippen LogP contribution is 2.17. The fraction of sp³-hybridized carbons (Fsp3) is 0.217. The number of nitrogens with zero attached hydrogens (tertiary/aromatic N) is 2. The van der Waals surface area contributed by atoms with Crippen LogP contribution in [0.15, 0.2) is 59.4 Å². The van der Waals surface area contributed by atoms with Crippen LogP contribution in [-0.4, -0.2) is 28.3 Å². The van der Waals surface area contributed by atoms with E-state index >= 15 is 0 Å². The summed E-state index contributed by atoms with van der Waals surface area (Å²) in [6, 6.07) is 14.0. The number of anilines is 1. The highest BCUT2D eigenvalue weighted by molar-refractivity contribution is 6.11. The number of hydrogen-bond acceptors (Lipinski definition) is 5. The highest BCUT2D eigenvalue weighted by Gasteiger charge is 2.16. The first-order valence-electron chi connectivity index (χ1n) is 9.79. The van der Waals surface area contributed by atoms with Crippen LogP contribution in [0.25, 0.3) is 16.8 Å². The van der Waals surface area contributed by atoms with Gasteiger partial charge in [0.25, 0.3) is 11.5 Å². The molecule has 0 saturated carbocycles. The number of esters is 1. The molecule has 3 aromatic rings. The molecule has 0 aliphatic heterocycles. The summed E-state index contributed by atoms with van der Waals surface area (Å²) in [7, 11) is 0. The molecule has 1 aromatic heterocycles. The molecule has 0 saturated heterocycles. The number of aryl methyl sites for hydroxylation is 1. The Balaban J connectivity index is 1.84. The first kappa shape index (κ1) is 21.0. The van der Waals surface area contributed by atoms with Crippen molar-refractivity contribution in [1.82, 2.24) is 9.78 Å². The Kier molecular flexibility index (Phi) is 6.75. The van der Waals surface area contributed by atoms with Gasteiger partial charge in [-0.1, -0.05) is 37.3 Å². The lowest BCUT2D eigenvalue weighted by molar-refractivity contribution is -0.137. The maximum Gasteiger partial charge on any atom is 0.330 e. The van der Waals surface area contributed by atoms with Crippen LogP contribution in [0, 0.1) is 0 Å². The van der Waals surface area contributed by atoms with Gasteiger partial charge in [0.05, 0.1) is 12.0 Å². The summed E-state index contributed by atoms with van der Waals surface area (Å²) in [6.07, 6.45) is 3.72. The van der Waals surface area contributed by atoms with E-state index in [0.717, 1.165) is 12.0 Å². The van der Waals surface area contributed by atoms with Gasteiger partial charge in [-0.3, -0.25) is 9.59 Å². The minimum absolute atomic E-state index is 0.199. The Morgan fingerprint density at radius 3 is 2.43 bits per heavy atom. The van der Waals surface area contributed by atoms with E-state index in [0.29, 0.717) is 29.6 Å². The van der Waals surface area contributed by atoms with Crippen LogP contribution in [0.3, 0.4) is 0 Å². The van der Waals surface area contributed by atoms with Crippen molar-refractivity contribution >= 4 is 34.4 Å². The van der Waals surface area contributed by atoms with E-state index in [1.165, 1.54) is 10.8 Å². The maximum absolute atomic E-state index is 12.9. The number of rotatable bonds is 7. The standard InChI is InChI=1S/C23H23N3O4/c1-3-15-26-23(29)19-8-6-5-7-18(19)21(25-26)22(28)24-17-12-9-16(10-13-17)11-14-20(27)30-4-2/h5-14H,3-4,15H2,1-2H3,(H,24,28)/b14-11+. The van der Waals surface area contributed by atoms with Crippen LogP contribution in [0.2, 0.25) is 0 Å². The van der Waals surface area contributed by atoms with E-state index in [9.17, 15) is 14.4 Å². The van der Waals surface area contributed by atoms with E-state index in [-0.39, 0.29) is 11.3 Å². The van der Waals surface area contributed by atoms with Gasteiger partial charge in [0.1, 0.15) is 0 Å². The minimum Gasteiger partial charge on any atom is -0.463 e. The zero-order chi connectivity index (χ0) is 21.5. The molecule has 30 heavy (non-hydrogen) atoms. The molecule has 154 valence electrons. The number of fused-ring (bicyclic) bond motifs is 1. The van der Waals surface area contributed by atoms with Crippen molar-refractivity contribution < 1.29 is 14.3 Å². The van der Waals surface area contributed by atoms with E-state index in [1.807, 2.05) is 6.92 Å². The number of carbonyl (C=O) groups excluding carboxylic acids is 2. The topological polar surface area (TPSA) is 90.3 Å². The molecule has 0 spiro atoms. The number of amides is 1. The van der Waals surface area contributed by atoms with Gasteiger partial charge in [0.2, 0.25) is 0 Å². The number of benzene rings is 2. The van der Waals surface area contributed by atoms with Gasteiger partial charge >= 0.3 is 5.97 Å². The van der Waals surface area contributed by atoms with Gasteiger partial charge in [-0.05, 0) is 43.2 Å². The quantitative estimate of drug-likeness (QED) is 0.479. The summed E-state index contributed by atoms with van der Waals surface area (Å²) in [4.78, 5) is 36.9. The van der Waals surface area contributed by atoms with Crippen LogP contribution >= 0.6 is 0 Å².